The molecule has 0 bridgehead atoms. The minimum Gasteiger partial charge on any atom is -0.481 e. The van der Waals surface area contributed by atoms with Crippen LogP contribution in [0.25, 0.3) is 0 Å². The molecule has 1 amide bonds. The highest BCUT2D eigenvalue weighted by Crippen LogP contribution is 2.16. The molecule has 1 aliphatic rings. The molecule has 0 aromatic carbocycles. The van der Waals surface area contributed by atoms with Gasteiger partial charge in [0, 0.05) is 17.7 Å². The summed E-state index contributed by atoms with van der Waals surface area (Å²) in [6.45, 7) is 0. The van der Waals surface area contributed by atoms with Crippen molar-refractivity contribution in [3.63, 3.8) is 0 Å². The van der Waals surface area contributed by atoms with Gasteiger partial charge in [-0.1, -0.05) is 11.6 Å². The molecular weight excluding hydrogens is 264 g/mol. The Morgan fingerprint density at radius 2 is 2.53 bits per heavy atom. The second-order valence-electron chi connectivity index (χ2n) is 3.32. The van der Waals surface area contributed by atoms with Gasteiger partial charge < -0.3 is 4.74 Å². The lowest BCUT2D eigenvalue weighted by Crippen LogP contribution is -2.37. The molecule has 1 fully saturated rings. The zero-order valence-electron chi connectivity index (χ0n) is 9.07. The summed E-state index contributed by atoms with van der Waals surface area (Å²) in [5.41, 5.74) is 0. The quantitative estimate of drug-likeness (QED) is 0.792. The molecule has 17 heavy (non-hydrogen) atoms. The number of nitrogens with one attached hydrogen (secondary N) is 2. The van der Waals surface area contributed by atoms with E-state index in [0.717, 1.165) is 11.6 Å². The van der Waals surface area contributed by atoms with Gasteiger partial charge in [-0.2, -0.15) is 4.98 Å². The van der Waals surface area contributed by atoms with Gasteiger partial charge in [0.1, 0.15) is 5.15 Å². The minimum absolute atomic E-state index is 0.151. The second kappa shape index (κ2) is 5.52. The molecule has 0 saturated carbocycles. The van der Waals surface area contributed by atoms with Gasteiger partial charge in [-0.05, 0) is 0 Å². The third kappa shape index (κ3) is 3.21. The van der Waals surface area contributed by atoms with Crippen LogP contribution in [0.2, 0.25) is 5.15 Å². The van der Waals surface area contributed by atoms with Crippen LogP contribution in [-0.4, -0.2) is 40.7 Å². The molecule has 8 heteroatoms. The Labute approximate surface area is 107 Å². The van der Waals surface area contributed by atoms with E-state index in [1.54, 1.807) is 11.8 Å². The van der Waals surface area contributed by atoms with Crippen LogP contribution in [0.4, 0.5) is 5.95 Å². The van der Waals surface area contributed by atoms with Gasteiger partial charge in [0.25, 0.3) is 0 Å². The molecule has 0 aliphatic carbocycles. The summed E-state index contributed by atoms with van der Waals surface area (Å²) in [4.78, 5) is 19.7. The zero-order valence-corrected chi connectivity index (χ0v) is 10.6. The van der Waals surface area contributed by atoms with Crippen molar-refractivity contribution in [3.05, 3.63) is 11.2 Å². The number of carbonyl (C=O) groups excluding carboxylic acids is 1. The number of thioether (sulfide) groups is 1. The fourth-order valence-electron chi connectivity index (χ4n) is 1.32. The first kappa shape index (κ1) is 12.4. The largest absolute Gasteiger partial charge is 0.481 e. The molecule has 2 N–H and O–H groups in total. The Hall–Kier alpha value is -1.05. The Morgan fingerprint density at radius 1 is 1.71 bits per heavy atom. The summed E-state index contributed by atoms with van der Waals surface area (Å²) in [5.74, 6) is 1.81. The van der Waals surface area contributed by atoms with Crippen LogP contribution in [0, 0.1) is 0 Å². The number of nitrogens with zero attached hydrogens (tertiary/aromatic N) is 2. The Morgan fingerprint density at radius 3 is 3.18 bits per heavy atom. The van der Waals surface area contributed by atoms with Gasteiger partial charge in [-0.3, -0.25) is 15.4 Å². The predicted molar refractivity (Wildman–Crippen MR) is 66.5 cm³/mol. The van der Waals surface area contributed by atoms with Gasteiger partial charge in [0.2, 0.25) is 17.7 Å². The SMILES string of the molecule is COc1cc(Cl)nc(NC(=O)C2CSCN2)n1. The van der Waals surface area contributed by atoms with Crippen molar-refractivity contribution in [1.82, 2.24) is 15.3 Å². The number of hydrogen-bond donors (Lipinski definition) is 2. The summed E-state index contributed by atoms with van der Waals surface area (Å²) in [6, 6.07) is 1.26. The molecule has 1 aromatic heterocycles. The number of methoxy groups -OCH3 is 1. The summed E-state index contributed by atoms with van der Waals surface area (Å²) in [5, 5.41) is 5.87. The Balaban J connectivity index is 2.06. The number of ether oxygens (including phenoxy) is 1. The van der Waals surface area contributed by atoms with Gasteiger partial charge in [-0.25, -0.2) is 4.98 Å². The smallest absolute Gasteiger partial charge is 0.244 e. The number of carbonyl (C=O) groups is 1. The Bertz CT molecular complexity index is 425. The third-order valence-electron chi connectivity index (χ3n) is 2.15. The maximum absolute atomic E-state index is 11.8. The fourth-order valence-corrected chi connectivity index (χ4v) is 2.43. The topological polar surface area (TPSA) is 76.1 Å². The van der Waals surface area contributed by atoms with Crippen LogP contribution in [0.3, 0.4) is 0 Å². The van der Waals surface area contributed by atoms with Crippen molar-refractivity contribution >= 4 is 35.2 Å². The molecule has 6 nitrogen and oxygen atoms in total. The van der Waals surface area contributed by atoms with Crippen molar-refractivity contribution < 1.29 is 9.53 Å². The van der Waals surface area contributed by atoms with E-state index in [9.17, 15) is 4.79 Å². The van der Waals surface area contributed by atoms with E-state index in [1.807, 2.05) is 0 Å². The maximum atomic E-state index is 11.8. The van der Waals surface area contributed by atoms with E-state index in [-0.39, 0.29) is 23.1 Å². The van der Waals surface area contributed by atoms with Crippen molar-refractivity contribution in [2.24, 2.45) is 0 Å². The van der Waals surface area contributed by atoms with Crippen LogP contribution < -0.4 is 15.4 Å². The van der Waals surface area contributed by atoms with Gasteiger partial charge in [0.15, 0.2) is 0 Å². The van der Waals surface area contributed by atoms with Crippen molar-refractivity contribution in [2.45, 2.75) is 6.04 Å². The van der Waals surface area contributed by atoms with Crippen LogP contribution >= 0.6 is 23.4 Å². The molecule has 1 unspecified atom stereocenters. The monoisotopic (exact) mass is 274 g/mol. The van der Waals surface area contributed by atoms with Crippen molar-refractivity contribution in [1.29, 1.82) is 0 Å². The van der Waals surface area contributed by atoms with E-state index in [0.29, 0.717) is 5.88 Å². The number of halogens is 1. The zero-order chi connectivity index (χ0) is 12.3. The molecule has 2 rings (SSSR count). The van der Waals surface area contributed by atoms with E-state index < -0.39 is 0 Å². The first-order valence-electron chi connectivity index (χ1n) is 4.89. The maximum Gasteiger partial charge on any atom is 0.244 e. The summed E-state index contributed by atoms with van der Waals surface area (Å²) < 4.78 is 4.94. The van der Waals surface area contributed by atoms with Crippen LogP contribution in [0.5, 0.6) is 5.88 Å². The molecule has 1 aliphatic heterocycles. The highest BCUT2D eigenvalue weighted by atomic mass is 35.5. The average Bonchev–Trinajstić information content (AvgIpc) is 2.81. The van der Waals surface area contributed by atoms with E-state index in [1.165, 1.54) is 13.2 Å². The molecule has 1 saturated heterocycles. The molecule has 0 spiro atoms. The summed E-state index contributed by atoms with van der Waals surface area (Å²) in [7, 11) is 1.47. The number of hydrogen-bond acceptors (Lipinski definition) is 6. The molecule has 1 aromatic rings. The highest BCUT2D eigenvalue weighted by Gasteiger charge is 2.23. The number of amides is 1. The van der Waals surface area contributed by atoms with Crippen molar-refractivity contribution in [2.75, 3.05) is 24.1 Å². The minimum atomic E-state index is -0.214. The average molecular weight is 275 g/mol. The molecule has 1 atom stereocenters. The van der Waals surface area contributed by atoms with Crippen LogP contribution in [0.1, 0.15) is 0 Å². The predicted octanol–water partition coefficient (Wildman–Crippen LogP) is 0.740. The van der Waals surface area contributed by atoms with Crippen LogP contribution in [0.15, 0.2) is 6.07 Å². The number of rotatable bonds is 3. The number of aromatic nitrogens is 2. The summed E-state index contributed by atoms with van der Waals surface area (Å²) in [6.07, 6.45) is 0. The molecule has 2 heterocycles. The lowest BCUT2D eigenvalue weighted by Gasteiger charge is -2.09. The lowest BCUT2D eigenvalue weighted by atomic mass is 10.3. The van der Waals surface area contributed by atoms with E-state index >= 15 is 0 Å². The first-order chi connectivity index (χ1) is 8.19. The lowest BCUT2D eigenvalue weighted by molar-refractivity contribution is -0.117. The summed E-state index contributed by atoms with van der Waals surface area (Å²) >= 11 is 7.44. The van der Waals surface area contributed by atoms with Crippen LogP contribution in [-0.2, 0) is 4.79 Å². The number of anilines is 1. The molecular formula is C9H11ClN4O2S. The molecule has 92 valence electrons. The highest BCUT2D eigenvalue weighted by molar-refractivity contribution is 7.99. The van der Waals surface area contributed by atoms with Gasteiger partial charge >= 0.3 is 0 Å². The van der Waals surface area contributed by atoms with Crippen molar-refractivity contribution in [3.8, 4) is 5.88 Å². The van der Waals surface area contributed by atoms with Gasteiger partial charge in [0.05, 0.1) is 13.2 Å². The second-order valence-corrected chi connectivity index (χ2v) is 4.74. The fraction of sp³-hybridized carbons (Fsp3) is 0.444. The van der Waals surface area contributed by atoms with Gasteiger partial charge in [-0.15, -0.1) is 11.8 Å². The van der Waals surface area contributed by atoms with E-state index in [4.69, 9.17) is 16.3 Å². The standard InChI is InChI=1S/C9H11ClN4O2S/c1-16-7-2-6(10)12-9(13-7)14-8(15)5-3-17-4-11-5/h2,5,11H,3-4H2,1H3,(H,12,13,14,15). The van der Waals surface area contributed by atoms with E-state index in [2.05, 4.69) is 20.6 Å². The third-order valence-corrected chi connectivity index (χ3v) is 3.28. The normalized spacial score (nSPS) is 19.1. The first-order valence-corrected chi connectivity index (χ1v) is 6.43. The Kier molecular flexibility index (Phi) is 4.03. The molecule has 0 radical (unpaired) electrons.